The van der Waals surface area contributed by atoms with E-state index in [4.69, 9.17) is 0 Å². The Balaban J connectivity index is 1.39. The minimum Gasteiger partial charge on any atom is -0.341 e. The van der Waals surface area contributed by atoms with Crippen molar-refractivity contribution in [2.75, 3.05) is 26.2 Å². The van der Waals surface area contributed by atoms with Crippen LogP contribution in [0.1, 0.15) is 12.0 Å². The Morgan fingerprint density at radius 3 is 2.45 bits per heavy atom. The lowest BCUT2D eigenvalue weighted by atomic mass is 10.2. The largest absolute Gasteiger partial charge is 0.341 e. The molecule has 1 amide bonds. The van der Waals surface area contributed by atoms with E-state index in [1.54, 1.807) is 15.8 Å². The molecule has 4 rings (SSSR count). The molecular formula is C22H23FN4O3S. The topological polar surface area (TPSA) is 75.5 Å². The SMILES string of the molecule is O=C(Cc1cnn(-c2ccccc2)c1)N1CCCN(S(=O)(=O)c2ccc(F)cc2)CC1. The molecule has 0 spiro atoms. The lowest BCUT2D eigenvalue weighted by Gasteiger charge is -2.22. The van der Waals surface area contributed by atoms with Crippen molar-refractivity contribution in [3.63, 3.8) is 0 Å². The first-order chi connectivity index (χ1) is 14.9. The summed E-state index contributed by atoms with van der Waals surface area (Å²) < 4.78 is 41.9. The van der Waals surface area contributed by atoms with E-state index in [-0.39, 0.29) is 23.8 Å². The summed E-state index contributed by atoms with van der Waals surface area (Å²) in [7, 11) is -3.72. The molecule has 162 valence electrons. The minimum absolute atomic E-state index is 0.0574. The van der Waals surface area contributed by atoms with Gasteiger partial charge in [-0.15, -0.1) is 0 Å². The van der Waals surface area contributed by atoms with Gasteiger partial charge in [-0.2, -0.15) is 9.40 Å². The second-order valence-corrected chi connectivity index (χ2v) is 9.34. The van der Waals surface area contributed by atoms with Crippen molar-refractivity contribution in [2.45, 2.75) is 17.7 Å². The van der Waals surface area contributed by atoms with Gasteiger partial charge >= 0.3 is 0 Å². The second-order valence-electron chi connectivity index (χ2n) is 7.40. The summed E-state index contributed by atoms with van der Waals surface area (Å²) in [5.74, 6) is -0.546. The molecule has 2 heterocycles. The predicted molar refractivity (Wildman–Crippen MR) is 114 cm³/mol. The van der Waals surface area contributed by atoms with Gasteiger partial charge < -0.3 is 4.90 Å². The lowest BCUT2D eigenvalue weighted by Crippen LogP contribution is -2.37. The third-order valence-electron chi connectivity index (χ3n) is 5.27. The minimum atomic E-state index is -3.72. The molecule has 0 aliphatic carbocycles. The Hall–Kier alpha value is -3.04. The van der Waals surface area contributed by atoms with Crippen molar-refractivity contribution in [3.8, 4) is 5.69 Å². The monoisotopic (exact) mass is 442 g/mol. The molecule has 0 saturated carbocycles. The first kappa shape index (κ1) is 21.2. The molecule has 1 saturated heterocycles. The van der Waals surface area contributed by atoms with Crippen LogP contribution in [0.25, 0.3) is 5.69 Å². The van der Waals surface area contributed by atoms with Crippen molar-refractivity contribution < 1.29 is 17.6 Å². The average molecular weight is 443 g/mol. The van der Waals surface area contributed by atoms with Gasteiger partial charge in [-0.05, 0) is 48.4 Å². The smallest absolute Gasteiger partial charge is 0.243 e. The maximum Gasteiger partial charge on any atom is 0.243 e. The van der Waals surface area contributed by atoms with Crippen LogP contribution in [-0.4, -0.2) is 59.5 Å². The third-order valence-corrected chi connectivity index (χ3v) is 7.18. The van der Waals surface area contributed by atoms with Crippen LogP contribution < -0.4 is 0 Å². The van der Waals surface area contributed by atoms with Crippen LogP contribution in [0.3, 0.4) is 0 Å². The molecule has 1 fully saturated rings. The van der Waals surface area contributed by atoms with E-state index in [2.05, 4.69) is 5.10 Å². The number of sulfonamides is 1. The summed E-state index contributed by atoms with van der Waals surface area (Å²) in [5, 5.41) is 4.32. The fraction of sp³-hybridized carbons (Fsp3) is 0.273. The molecule has 9 heteroatoms. The zero-order valence-corrected chi connectivity index (χ0v) is 17.7. The lowest BCUT2D eigenvalue weighted by molar-refractivity contribution is -0.130. The van der Waals surface area contributed by atoms with E-state index >= 15 is 0 Å². The van der Waals surface area contributed by atoms with Crippen molar-refractivity contribution >= 4 is 15.9 Å². The van der Waals surface area contributed by atoms with Crippen LogP contribution in [0.5, 0.6) is 0 Å². The summed E-state index contributed by atoms with van der Waals surface area (Å²) in [4.78, 5) is 14.6. The van der Waals surface area contributed by atoms with Gasteiger partial charge in [0.2, 0.25) is 15.9 Å². The molecular weight excluding hydrogens is 419 g/mol. The van der Waals surface area contributed by atoms with Crippen molar-refractivity contribution in [2.24, 2.45) is 0 Å². The number of hydrogen-bond acceptors (Lipinski definition) is 4. The quantitative estimate of drug-likeness (QED) is 0.608. The summed E-state index contributed by atoms with van der Waals surface area (Å²) in [6, 6.07) is 14.4. The molecule has 0 atom stereocenters. The third kappa shape index (κ3) is 4.83. The highest BCUT2D eigenvalue weighted by Gasteiger charge is 2.28. The normalized spacial score (nSPS) is 15.6. The molecule has 31 heavy (non-hydrogen) atoms. The highest BCUT2D eigenvalue weighted by molar-refractivity contribution is 7.89. The molecule has 3 aromatic rings. The Morgan fingerprint density at radius 1 is 0.968 bits per heavy atom. The van der Waals surface area contributed by atoms with Gasteiger partial charge in [-0.1, -0.05) is 18.2 Å². The fourth-order valence-corrected chi connectivity index (χ4v) is 5.07. The highest BCUT2D eigenvalue weighted by atomic mass is 32.2. The van der Waals surface area contributed by atoms with E-state index in [9.17, 15) is 17.6 Å². The van der Waals surface area contributed by atoms with Crippen molar-refractivity contribution in [1.29, 1.82) is 0 Å². The predicted octanol–water partition coefficient (Wildman–Crippen LogP) is 2.48. The highest BCUT2D eigenvalue weighted by Crippen LogP contribution is 2.19. The van der Waals surface area contributed by atoms with Crippen LogP contribution in [0.4, 0.5) is 4.39 Å². The summed E-state index contributed by atoms with van der Waals surface area (Å²) in [5.41, 5.74) is 1.71. The maximum atomic E-state index is 13.1. The Morgan fingerprint density at radius 2 is 1.71 bits per heavy atom. The number of benzene rings is 2. The number of carbonyl (C=O) groups is 1. The molecule has 0 radical (unpaired) electrons. The van der Waals surface area contributed by atoms with E-state index in [0.717, 1.165) is 23.4 Å². The number of carbonyl (C=O) groups excluding carboxylic acids is 1. The van der Waals surface area contributed by atoms with Gasteiger partial charge in [-0.3, -0.25) is 4.79 Å². The average Bonchev–Trinajstić information content (AvgIpc) is 3.08. The van der Waals surface area contributed by atoms with Gasteiger partial charge in [0, 0.05) is 32.4 Å². The number of hydrogen-bond donors (Lipinski definition) is 0. The maximum absolute atomic E-state index is 13.1. The van der Waals surface area contributed by atoms with E-state index in [1.807, 2.05) is 36.5 Å². The summed E-state index contributed by atoms with van der Waals surface area (Å²) >= 11 is 0. The van der Waals surface area contributed by atoms with Crippen LogP contribution in [-0.2, 0) is 21.2 Å². The Labute approximate surface area is 180 Å². The van der Waals surface area contributed by atoms with Crippen LogP contribution in [0, 0.1) is 5.82 Å². The number of nitrogens with zero attached hydrogens (tertiary/aromatic N) is 4. The zero-order valence-electron chi connectivity index (χ0n) is 16.9. The molecule has 0 bridgehead atoms. The van der Waals surface area contributed by atoms with E-state index < -0.39 is 15.8 Å². The standard InChI is InChI=1S/C22H23FN4O3S/c23-19-7-9-21(10-8-19)31(29,30)26-12-4-11-25(13-14-26)22(28)15-18-16-24-27(17-18)20-5-2-1-3-6-20/h1-3,5-10,16-17H,4,11-15H2. The zero-order chi connectivity index (χ0) is 21.8. The number of aromatic nitrogens is 2. The molecule has 0 unspecified atom stereocenters. The van der Waals surface area contributed by atoms with Crippen LogP contribution in [0.15, 0.2) is 71.9 Å². The molecule has 2 aromatic carbocycles. The first-order valence-corrected chi connectivity index (χ1v) is 11.5. The van der Waals surface area contributed by atoms with Crippen molar-refractivity contribution in [1.82, 2.24) is 19.0 Å². The van der Waals surface area contributed by atoms with Gasteiger partial charge in [0.05, 0.1) is 23.2 Å². The number of para-hydroxylation sites is 1. The summed E-state index contributed by atoms with van der Waals surface area (Å²) in [6.45, 7) is 1.32. The summed E-state index contributed by atoms with van der Waals surface area (Å²) in [6.07, 6.45) is 4.25. The second kappa shape index (κ2) is 8.99. The number of halogens is 1. The van der Waals surface area contributed by atoms with Crippen LogP contribution in [0.2, 0.25) is 0 Å². The Bertz CT molecular complexity index is 1150. The van der Waals surface area contributed by atoms with E-state index in [1.165, 1.54) is 16.4 Å². The number of rotatable bonds is 5. The van der Waals surface area contributed by atoms with Crippen LogP contribution >= 0.6 is 0 Å². The number of amides is 1. The van der Waals surface area contributed by atoms with Crippen molar-refractivity contribution in [3.05, 3.63) is 78.4 Å². The van der Waals surface area contributed by atoms with E-state index in [0.29, 0.717) is 26.1 Å². The van der Waals surface area contributed by atoms with Gasteiger partial charge in [0.15, 0.2) is 0 Å². The Kier molecular flexibility index (Phi) is 6.15. The molecule has 0 N–H and O–H groups in total. The first-order valence-electron chi connectivity index (χ1n) is 10.1. The molecule has 1 aromatic heterocycles. The van der Waals surface area contributed by atoms with Gasteiger partial charge in [-0.25, -0.2) is 17.5 Å². The molecule has 1 aliphatic heterocycles. The fourth-order valence-electron chi connectivity index (χ4n) is 3.60. The van der Waals surface area contributed by atoms with Gasteiger partial charge in [0.25, 0.3) is 0 Å². The van der Waals surface area contributed by atoms with Gasteiger partial charge in [0.1, 0.15) is 5.82 Å². The molecule has 7 nitrogen and oxygen atoms in total. The molecule has 1 aliphatic rings.